The summed E-state index contributed by atoms with van der Waals surface area (Å²) in [4.78, 5) is 0. The van der Waals surface area contributed by atoms with Gasteiger partial charge in [0.2, 0.25) is 10.0 Å². The van der Waals surface area contributed by atoms with Crippen LogP contribution in [0.4, 0.5) is 11.5 Å². The van der Waals surface area contributed by atoms with Crippen molar-refractivity contribution in [3.63, 3.8) is 0 Å². The molecule has 0 unspecified atom stereocenters. The summed E-state index contributed by atoms with van der Waals surface area (Å²) in [7, 11) is -1.85. The summed E-state index contributed by atoms with van der Waals surface area (Å²) in [5, 5.41) is 3.84. The van der Waals surface area contributed by atoms with Gasteiger partial charge in [0, 0.05) is 7.05 Å². The molecule has 0 amide bonds. The molecule has 0 spiro atoms. The maximum Gasteiger partial charge on any atom is 0.236 e. The third-order valence-corrected chi connectivity index (χ3v) is 3.23. The maximum atomic E-state index is 11.7. The minimum Gasteiger partial charge on any atom is -0.394 e. The van der Waals surface area contributed by atoms with Gasteiger partial charge in [0.25, 0.3) is 0 Å². The molecule has 0 aromatic carbocycles. The molecule has 8 heteroatoms. The number of aryl methyl sites for hydroxylation is 1. The Morgan fingerprint density at radius 2 is 2.24 bits per heavy atom. The molecule has 0 aliphatic heterocycles. The Labute approximate surface area is 101 Å². The Balaban J connectivity index is 2.61. The zero-order valence-electron chi connectivity index (χ0n) is 10.2. The SMILES string of the molecule is CC(C)OCCS(=O)(=O)Nc1c(N)cnn1C. The van der Waals surface area contributed by atoms with E-state index in [0.717, 1.165) is 0 Å². The van der Waals surface area contributed by atoms with E-state index >= 15 is 0 Å². The predicted molar refractivity (Wildman–Crippen MR) is 66.1 cm³/mol. The first-order valence-corrected chi connectivity index (χ1v) is 6.86. The number of aromatic nitrogens is 2. The van der Waals surface area contributed by atoms with Gasteiger partial charge in [-0.05, 0) is 13.8 Å². The van der Waals surface area contributed by atoms with Gasteiger partial charge >= 0.3 is 0 Å². The molecular formula is C9H18N4O3S. The summed E-state index contributed by atoms with van der Waals surface area (Å²) in [6.07, 6.45) is 1.40. The third-order valence-electron chi connectivity index (χ3n) is 2.02. The van der Waals surface area contributed by atoms with Crippen LogP contribution in [0, 0.1) is 0 Å². The zero-order valence-corrected chi connectivity index (χ0v) is 11.0. The van der Waals surface area contributed by atoms with E-state index in [0.29, 0.717) is 5.69 Å². The molecule has 0 aliphatic rings. The lowest BCUT2D eigenvalue weighted by atomic mass is 10.5. The highest BCUT2D eigenvalue weighted by atomic mass is 32.2. The second-order valence-corrected chi connectivity index (χ2v) is 5.75. The van der Waals surface area contributed by atoms with Crippen LogP contribution in [0.3, 0.4) is 0 Å². The first-order valence-electron chi connectivity index (χ1n) is 5.21. The van der Waals surface area contributed by atoms with E-state index in [9.17, 15) is 8.42 Å². The molecule has 7 nitrogen and oxygen atoms in total. The van der Waals surface area contributed by atoms with E-state index in [1.165, 1.54) is 10.9 Å². The molecule has 0 aliphatic carbocycles. The van der Waals surface area contributed by atoms with Crippen molar-refractivity contribution in [1.82, 2.24) is 9.78 Å². The van der Waals surface area contributed by atoms with Crippen LogP contribution in [0.1, 0.15) is 13.8 Å². The molecule has 0 radical (unpaired) electrons. The summed E-state index contributed by atoms with van der Waals surface area (Å²) in [5.74, 6) is 0.157. The summed E-state index contributed by atoms with van der Waals surface area (Å²) in [6.45, 7) is 3.84. The van der Waals surface area contributed by atoms with E-state index in [-0.39, 0.29) is 24.3 Å². The largest absolute Gasteiger partial charge is 0.394 e. The Bertz CT molecular complexity index is 447. The Kier molecular flexibility index (Phi) is 4.35. The maximum absolute atomic E-state index is 11.7. The molecule has 0 saturated carbocycles. The van der Waals surface area contributed by atoms with Gasteiger partial charge < -0.3 is 10.5 Å². The normalized spacial score (nSPS) is 12.0. The molecular weight excluding hydrogens is 244 g/mol. The van der Waals surface area contributed by atoms with Gasteiger partial charge in [0.1, 0.15) is 0 Å². The summed E-state index contributed by atoms with van der Waals surface area (Å²) in [5.41, 5.74) is 5.88. The summed E-state index contributed by atoms with van der Waals surface area (Å²) in [6, 6.07) is 0. The van der Waals surface area contributed by atoms with E-state index < -0.39 is 10.0 Å². The fraction of sp³-hybridized carbons (Fsp3) is 0.667. The smallest absolute Gasteiger partial charge is 0.236 e. The fourth-order valence-corrected chi connectivity index (χ4v) is 2.13. The van der Waals surface area contributed by atoms with Crippen LogP contribution >= 0.6 is 0 Å². The van der Waals surface area contributed by atoms with E-state index in [1.54, 1.807) is 7.05 Å². The molecule has 1 rings (SSSR count). The first kappa shape index (κ1) is 13.8. The predicted octanol–water partition coefficient (Wildman–Crippen LogP) is 0.169. The monoisotopic (exact) mass is 262 g/mol. The highest BCUT2D eigenvalue weighted by Gasteiger charge is 2.15. The topological polar surface area (TPSA) is 99.2 Å². The van der Waals surface area contributed by atoms with E-state index in [2.05, 4.69) is 9.82 Å². The van der Waals surface area contributed by atoms with Gasteiger partial charge in [-0.2, -0.15) is 5.10 Å². The van der Waals surface area contributed by atoms with Crippen LogP contribution < -0.4 is 10.5 Å². The molecule has 0 saturated heterocycles. The van der Waals surface area contributed by atoms with Gasteiger partial charge in [0.15, 0.2) is 5.82 Å². The number of rotatable bonds is 6. The number of ether oxygens (including phenoxy) is 1. The van der Waals surface area contributed by atoms with Gasteiger partial charge in [0.05, 0.1) is 30.3 Å². The van der Waals surface area contributed by atoms with Crippen molar-refractivity contribution in [2.45, 2.75) is 20.0 Å². The number of nitrogens with two attached hydrogens (primary N) is 1. The second-order valence-electron chi connectivity index (χ2n) is 3.91. The van der Waals surface area contributed by atoms with Crippen LogP contribution in [0.5, 0.6) is 0 Å². The third kappa shape index (κ3) is 4.23. The van der Waals surface area contributed by atoms with Crippen molar-refractivity contribution in [3.05, 3.63) is 6.20 Å². The summed E-state index contributed by atoms with van der Waals surface area (Å²) >= 11 is 0. The quantitative estimate of drug-likeness (QED) is 0.761. The molecule has 17 heavy (non-hydrogen) atoms. The van der Waals surface area contributed by atoms with Crippen molar-refractivity contribution in [1.29, 1.82) is 0 Å². The molecule has 0 fully saturated rings. The van der Waals surface area contributed by atoms with Crippen molar-refractivity contribution < 1.29 is 13.2 Å². The molecule has 3 N–H and O–H groups in total. The Hall–Kier alpha value is -1.28. The molecule has 0 bridgehead atoms. The minimum absolute atomic E-state index is 0.00646. The van der Waals surface area contributed by atoms with Crippen LogP contribution in [-0.4, -0.2) is 36.7 Å². The summed E-state index contributed by atoms with van der Waals surface area (Å²) < 4.78 is 32.3. The number of nitrogens with zero attached hydrogens (tertiary/aromatic N) is 2. The highest BCUT2D eigenvalue weighted by Crippen LogP contribution is 2.17. The number of sulfonamides is 1. The Morgan fingerprint density at radius 1 is 1.59 bits per heavy atom. The standard InChI is InChI=1S/C9H18N4O3S/c1-7(2)16-4-5-17(14,15)12-9-8(10)6-11-13(9)3/h6-7,12H,4-5,10H2,1-3H3. The second kappa shape index (κ2) is 5.37. The lowest BCUT2D eigenvalue weighted by molar-refractivity contribution is 0.0913. The number of hydrogen-bond donors (Lipinski definition) is 2. The number of nitrogen functional groups attached to an aromatic ring is 1. The highest BCUT2D eigenvalue weighted by molar-refractivity contribution is 7.92. The van der Waals surface area contributed by atoms with Crippen LogP contribution in [0.25, 0.3) is 0 Å². The number of anilines is 2. The molecule has 1 heterocycles. The first-order chi connectivity index (χ1) is 7.82. The molecule has 1 aromatic heterocycles. The lowest BCUT2D eigenvalue weighted by Crippen LogP contribution is -2.23. The zero-order chi connectivity index (χ0) is 13.1. The lowest BCUT2D eigenvalue weighted by Gasteiger charge is -2.10. The van der Waals surface area contributed by atoms with Crippen LogP contribution in [0.2, 0.25) is 0 Å². The fourth-order valence-electron chi connectivity index (χ4n) is 1.17. The average molecular weight is 262 g/mol. The Morgan fingerprint density at radius 3 is 2.71 bits per heavy atom. The van der Waals surface area contributed by atoms with Crippen molar-refractivity contribution in [2.75, 3.05) is 22.8 Å². The van der Waals surface area contributed by atoms with Crippen molar-refractivity contribution in [3.8, 4) is 0 Å². The van der Waals surface area contributed by atoms with Gasteiger partial charge in [-0.15, -0.1) is 0 Å². The van der Waals surface area contributed by atoms with Gasteiger partial charge in [-0.3, -0.25) is 9.40 Å². The van der Waals surface area contributed by atoms with Crippen LogP contribution in [0.15, 0.2) is 6.20 Å². The molecule has 0 atom stereocenters. The number of nitrogens with one attached hydrogen (secondary N) is 1. The van der Waals surface area contributed by atoms with Gasteiger partial charge in [-0.1, -0.05) is 0 Å². The van der Waals surface area contributed by atoms with Crippen LogP contribution in [-0.2, 0) is 21.8 Å². The van der Waals surface area contributed by atoms with Crippen molar-refractivity contribution in [2.24, 2.45) is 7.05 Å². The molecule has 98 valence electrons. The number of hydrogen-bond acceptors (Lipinski definition) is 5. The van der Waals surface area contributed by atoms with E-state index in [1.807, 2.05) is 13.8 Å². The minimum atomic E-state index is -3.46. The van der Waals surface area contributed by atoms with Gasteiger partial charge in [-0.25, -0.2) is 8.42 Å². The average Bonchev–Trinajstić information content (AvgIpc) is 2.48. The van der Waals surface area contributed by atoms with Crippen molar-refractivity contribution >= 4 is 21.5 Å². The molecule has 1 aromatic rings. The van der Waals surface area contributed by atoms with E-state index in [4.69, 9.17) is 10.5 Å².